The Morgan fingerprint density at radius 1 is 0.944 bits per heavy atom. The lowest BCUT2D eigenvalue weighted by Gasteiger charge is -2.33. The van der Waals surface area contributed by atoms with Crippen LogP contribution < -0.4 is 0 Å². The molecule has 0 spiro atoms. The molecule has 2 heteroatoms. The second kappa shape index (κ2) is 5.13. The fourth-order valence-corrected chi connectivity index (χ4v) is 3.34. The van der Waals surface area contributed by atoms with Gasteiger partial charge >= 0.3 is 0 Å². The van der Waals surface area contributed by atoms with E-state index in [9.17, 15) is 4.79 Å². The molecule has 0 saturated heterocycles. The minimum atomic E-state index is 0.359. The molecule has 1 aliphatic carbocycles. The molecule has 0 aromatic heterocycles. The summed E-state index contributed by atoms with van der Waals surface area (Å²) in [6, 6.07) is 9.03. The van der Waals surface area contributed by atoms with Gasteiger partial charge in [0.15, 0.2) is 0 Å². The monoisotopic (exact) mass is 243 g/mol. The first-order valence-corrected chi connectivity index (χ1v) is 7.21. The molecule has 2 nitrogen and oxygen atoms in total. The molecule has 0 radical (unpaired) electrons. The smallest absolute Gasteiger partial charge is 0.223 e. The van der Waals surface area contributed by atoms with Crippen LogP contribution >= 0.6 is 0 Å². The molecule has 1 saturated carbocycles. The summed E-state index contributed by atoms with van der Waals surface area (Å²) in [4.78, 5) is 14.5. The molecule has 18 heavy (non-hydrogen) atoms. The summed E-state index contributed by atoms with van der Waals surface area (Å²) in [5.41, 5.74) is 2.72. The lowest BCUT2D eigenvalue weighted by molar-refractivity contribution is -0.134. The summed E-state index contributed by atoms with van der Waals surface area (Å²) in [7, 11) is 0. The topological polar surface area (TPSA) is 20.3 Å². The summed E-state index contributed by atoms with van der Waals surface area (Å²) < 4.78 is 0. The van der Waals surface area contributed by atoms with Crippen LogP contribution in [0.3, 0.4) is 0 Å². The van der Waals surface area contributed by atoms with Gasteiger partial charge in [-0.2, -0.15) is 0 Å². The summed E-state index contributed by atoms with van der Waals surface area (Å²) in [5, 5.41) is 0. The first kappa shape index (κ1) is 11.8. The Balaban J connectivity index is 1.83. The molecule has 0 atom stereocenters. The Kier molecular flexibility index (Phi) is 3.35. The van der Waals surface area contributed by atoms with Crippen molar-refractivity contribution in [1.29, 1.82) is 0 Å². The minimum absolute atomic E-state index is 0.359. The highest BCUT2D eigenvalue weighted by Crippen LogP contribution is 2.27. The fraction of sp³-hybridized carbons (Fsp3) is 0.562. The number of rotatable bonds is 1. The molecular formula is C16H21NO. The first-order valence-electron chi connectivity index (χ1n) is 7.21. The Morgan fingerprint density at radius 2 is 1.67 bits per heavy atom. The van der Waals surface area contributed by atoms with Crippen molar-refractivity contribution in [3.63, 3.8) is 0 Å². The van der Waals surface area contributed by atoms with Gasteiger partial charge in [-0.15, -0.1) is 0 Å². The average Bonchev–Trinajstić information content (AvgIpc) is 2.60. The molecule has 1 aromatic carbocycles. The predicted molar refractivity (Wildman–Crippen MR) is 72.2 cm³/mol. The van der Waals surface area contributed by atoms with E-state index in [2.05, 4.69) is 29.2 Å². The van der Waals surface area contributed by atoms with E-state index >= 15 is 0 Å². The maximum absolute atomic E-state index is 12.3. The lowest BCUT2D eigenvalue weighted by Crippen LogP contribution is -2.40. The van der Waals surface area contributed by atoms with Crippen LogP contribution in [0.5, 0.6) is 0 Å². The van der Waals surface area contributed by atoms with Gasteiger partial charge in [-0.1, -0.05) is 43.5 Å². The first-order chi connectivity index (χ1) is 8.84. The number of nitrogens with zero attached hydrogens (tertiary/aromatic N) is 1. The Labute approximate surface area is 109 Å². The third-order valence-corrected chi connectivity index (χ3v) is 4.40. The highest BCUT2D eigenvalue weighted by Gasteiger charge is 2.27. The number of hydrogen-bond acceptors (Lipinski definition) is 1. The van der Waals surface area contributed by atoms with Crippen LogP contribution in [0, 0.1) is 0 Å². The quantitative estimate of drug-likeness (QED) is 0.741. The molecule has 1 amide bonds. The van der Waals surface area contributed by atoms with E-state index in [1.165, 1.54) is 43.2 Å². The van der Waals surface area contributed by atoms with Crippen molar-refractivity contribution in [2.75, 3.05) is 0 Å². The van der Waals surface area contributed by atoms with Crippen molar-refractivity contribution in [3.05, 3.63) is 35.4 Å². The SMILES string of the molecule is O=C1CCc2ccccc2CN1C1CCCCC1. The number of carbonyl (C=O) groups is 1. The van der Waals surface area contributed by atoms with Crippen LogP contribution in [0.25, 0.3) is 0 Å². The Morgan fingerprint density at radius 3 is 2.44 bits per heavy atom. The molecule has 1 aliphatic heterocycles. The van der Waals surface area contributed by atoms with Gasteiger partial charge < -0.3 is 4.90 Å². The van der Waals surface area contributed by atoms with E-state index in [0.717, 1.165) is 13.0 Å². The standard InChI is InChI=1S/C16H21NO/c18-16-11-10-13-6-4-5-7-14(13)12-17(16)15-8-2-1-3-9-15/h4-7,15H,1-3,8-12H2. The van der Waals surface area contributed by atoms with Crippen LogP contribution in [0.2, 0.25) is 0 Å². The van der Waals surface area contributed by atoms with Gasteiger partial charge in [0.1, 0.15) is 0 Å². The van der Waals surface area contributed by atoms with E-state index in [1.807, 2.05) is 0 Å². The fourth-order valence-electron chi connectivity index (χ4n) is 3.34. The van der Waals surface area contributed by atoms with Gasteiger partial charge in [-0.25, -0.2) is 0 Å². The summed E-state index contributed by atoms with van der Waals surface area (Å²) in [6.07, 6.45) is 7.93. The van der Waals surface area contributed by atoms with Crippen molar-refractivity contribution in [2.45, 2.75) is 57.5 Å². The van der Waals surface area contributed by atoms with Crippen LogP contribution in [-0.2, 0) is 17.8 Å². The molecule has 2 aliphatic rings. The number of fused-ring (bicyclic) bond motifs is 1. The van der Waals surface area contributed by atoms with Crippen molar-refractivity contribution >= 4 is 5.91 Å². The van der Waals surface area contributed by atoms with Gasteiger partial charge in [0.2, 0.25) is 5.91 Å². The number of carbonyl (C=O) groups excluding carboxylic acids is 1. The molecule has 1 aromatic rings. The predicted octanol–water partition coefficient (Wildman–Crippen LogP) is 3.29. The van der Waals surface area contributed by atoms with Crippen LogP contribution in [0.4, 0.5) is 0 Å². The second-order valence-corrected chi connectivity index (χ2v) is 5.58. The van der Waals surface area contributed by atoms with Crippen molar-refractivity contribution in [3.8, 4) is 0 Å². The highest BCUT2D eigenvalue weighted by atomic mass is 16.2. The Bertz CT molecular complexity index is 434. The van der Waals surface area contributed by atoms with Gasteiger partial charge in [-0.3, -0.25) is 4.79 Å². The van der Waals surface area contributed by atoms with Gasteiger partial charge in [0, 0.05) is 19.0 Å². The molecule has 3 rings (SSSR count). The van der Waals surface area contributed by atoms with Crippen molar-refractivity contribution < 1.29 is 4.79 Å². The number of hydrogen-bond donors (Lipinski definition) is 0. The zero-order valence-corrected chi connectivity index (χ0v) is 10.9. The maximum Gasteiger partial charge on any atom is 0.223 e. The van der Waals surface area contributed by atoms with Crippen molar-refractivity contribution in [2.24, 2.45) is 0 Å². The van der Waals surface area contributed by atoms with Crippen LogP contribution in [-0.4, -0.2) is 16.8 Å². The van der Waals surface area contributed by atoms with Gasteiger partial charge in [0.25, 0.3) is 0 Å². The summed E-state index contributed by atoms with van der Waals surface area (Å²) in [6.45, 7) is 0.833. The molecule has 0 N–H and O–H groups in total. The van der Waals surface area contributed by atoms with E-state index < -0.39 is 0 Å². The van der Waals surface area contributed by atoms with E-state index in [-0.39, 0.29) is 0 Å². The lowest BCUT2D eigenvalue weighted by atomic mass is 9.94. The zero-order chi connectivity index (χ0) is 12.4. The third-order valence-electron chi connectivity index (χ3n) is 4.40. The van der Waals surface area contributed by atoms with E-state index in [1.54, 1.807) is 0 Å². The molecule has 0 bridgehead atoms. The van der Waals surface area contributed by atoms with Crippen LogP contribution in [0.15, 0.2) is 24.3 Å². The van der Waals surface area contributed by atoms with Gasteiger partial charge in [-0.05, 0) is 30.4 Å². The van der Waals surface area contributed by atoms with Crippen molar-refractivity contribution in [1.82, 2.24) is 4.90 Å². The summed E-state index contributed by atoms with van der Waals surface area (Å²) in [5.74, 6) is 0.359. The maximum atomic E-state index is 12.3. The average molecular weight is 243 g/mol. The molecule has 0 unspecified atom stereocenters. The number of aryl methyl sites for hydroxylation is 1. The van der Waals surface area contributed by atoms with E-state index in [0.29, 0.717) is 18.4 Å². The largest absolute Gasteiger partial charge is 0.335 e. The normalized spacial score (nSPS) is 21.6. The van der Waals surface area contributed by atoms with Crippen LogP contribution in [0.1, 0.15) is 49.7 Å². The highest BCUT2D eigenvalue weighted by molar-refractivity contribution is 5.77. The number of amides is 1. The number of benzene rings is 1. The Hall–Kier alpha value is -1.31. The molecular weight excluding hydrogens is 222 g/mol. The van der Waals surface area contributed by atoms with Gasteiger partial charge in [0.05, 0.1) is 0 Å². The molecule has 1 fully saturated rings. The molecule has 1 heterocycles. The minimum Gasteiger partial charge on any atom is -0.335 e. The second-order valence-electron chi connectivity index (χ2n) is 5.58. The van der Waals surface area contributed by atoms with E-state index in [4.69, 9.17) is 0 Å². The molecule has 96 valence electrons. The third kappa shape index (κ3) is 2.29. The zero-order valence-electron chi connectivity index (χ0n) is 10.9. The summed E-state index contributed by atoms with van der Waals surface area (Å²) >= 11 is 0.